The summed E-state index contributed by atoms with van der Waals surface area (Å²) in [5.74, 6) is -0.382. The molecule has 0 atom stereocenters. The van der Waals surface area contributed by atoms with Gasteiger partial charge in [-0.1, -0.05) is 51.5 Å². The Kier molecular flexibility index (Phi) is 7.53. The van der Waals surface area contributed by atoms with Gasteiger partial charge in [0.1, 0.15) is 0 Å². The van der Waals surface area contributed by atoms with Crippen molar-refractivity contribution in [1.29, 1.82) is 0 Å². The van der Waals surface area contributed by atoms with Crippen LogP contribution in [0, 0.1) is 13.8 Å². The number of aryl methyl sites for hydroxylation is 3. The largest absolute Gasteiger partial charge is 0.366 e. The minimum atomic E-state index is -0.382. The molecular formula is C21H29NO. The zero-order valence-electron chi connectivity index (χ0n) is 15.1. The van der Waals surface area contributed by atoms with Crippen LogP contribution < -0.4 is 5.73 Å². The molecule has 0 heterocycles. The van der Waals surface area contributed by atoms with Gasteiger partial charge in [0.25, 0.3) is 0 Å². The number of rotatable bonds is 5. The summed E-state index contributed by atoms with van der Waals surface area (Å²) in [6.45, 7) is 10.4. The van der Waals surface area contributed by atoms with Crippen molar-refractivity contribution in [2.24, 2.45) is 5.73 Å². The topological polar surface area (TPSA) is 43.1 Å². The Bertz CT molecular complexity index is 659. The summed E-state index contributed by atoms with van der Waals surface area (Å²) in [4.78, 5) is 11.4. The molecule has 0 aliphatic rings. The summed E-state index contributed by atoms with van der Waals surface area (Å²) in [6, 6.07) is 12.2. The van der Waals surface area contributed by atoms with Gasteiger partial charge in [0.15, 0.2) is 0 Å². The number of unbranched alkanes of at least 4 members (excludes halogenated alkanes) is 1. The van der Waals surface area contributed by atoms with Crippen molar-refractivity contribution < 1.29 is 4.79 Å². The molecule has 0 fully saturated rings. The SMILES string of the molecule is CC.CCCCc1ccc(-c2cc(C(N)=O)ccc2C)cc1C. The minimum absolute atomic E-state index is 0.382. The van der Waals surface area contributed by atoms with Crippen molar-refractivity contribution in [3.05, 3.63) is 58.7 Å². The molecule has 2 aromatic carbocycles. The molecule has 2 nitrogen and oxygen atoms in total. The minimum Gasteiger partial charge on any atom is -0.366 e. The van der Waals surface area contributed by atoms with E-state index in [-0.39, 0.29) is 5.91 Å². The molecule has 0 radical (unpaired) electrons. The van der Waals surface area contributed by atoms with Crippen molar-refractivity contribution >= 4 is 5.91 Å². The average molecular weight is 311 g/mol. The lowest BCUT2D eigenvalue weighted by molar-refractivity contribution is 0.100. The van der Waals surface area contributed by atoms with Crippen LogP contribution in [0.2, 0.25) is 0 Å². The smallest absolute Gasteiger partial charge is 0.248 e. The van der Waals surface area contributed by atoms with Crippen LogP contribution in [0.1, 0.15) is 60.7 Å². The van der Waals surface area contributed by atoms with E-state index in [1.54, 1.807) is 6.07 Å². The number of hydrogen-bond acceptors (Lipinski definition) is 1. The third-order valence-corrected chi connectivity index (χ3v) is 3.98. The summed E-state index contributed by atoms with van der Waals surface area (Å²) in [5.41, 5.74) is 12.0. The highest BCUT2D eigenvalue weighted by atomic mass is 16.1. The highest BCUT2D eigenvalue weighted by molar-refractivity contribution is 5.94. The zero-order valence-corrected chi connectivity index (χ0v) is 15.1. The summed E-state index contributed by atoms with van der Waals surface area (Å²) in [6.07, 6.45) is 3.56. The summed E-state index contributed by atoms with van der Waals surface area (Å²) >= 11 is 0. The molecule has 23 heavy (non-hydrogen) atoms. The number of primary amides is 1. The number of amides is 1. The van der Waals surface area contributed by atoms with E-state index in [9.17, 15) is 4.79 Å². The second-order valence-corrected chi connectivity index (χ2v) is 5.64. The van der Waals surface area contributed by atoms with E-state index in [1.165, 1.54) is 24.0 Å². The van der Waals surface area contributed by atoms with Crippen molar-refractivity contribution in [3.63, 3.8) is 0 Å². The predicted octanol–water partition coefficient (Wildman–Crippen LogP) is 5.44. The van der Waals surface area contributed by atoms with E-state index in [2.05, 4.69) is 39.0 Å². The van der Waals surface area contributed by atoms with Crippen LogP contribution in [-0.4, -0.2) is 5.91 Å². The average Bonchev–Trinajstić information content (AvgIpc) is 2.56. The molecule has 0 saturated heterocycles. The van der Waals surface area contributed by atoms with Gasteiger partial charge in [0.05, 0.1) is 0 Å². The summed E-state index contributed by atoms with van der Waals surface area (Å²) < 4.78 is 0. The van der Waals surface area contributed by atoms with Crippen molar-refractivity contribution in [3.8, 4) is 11.1 Å². The van der Waals surface area contributed by atoms with Crippen LogP contribution in [0.15, 0.2) is 36.4 Å². The predicted molar refractivity (Wildman–Crippen MR) is 99.8 cm³/mol. The lowest BCUT2D eigenvalue weighted by atomic mass is 9.94. The van der Waals surface area contributed by atoms with Crippen LogP contribution in [0.4, 0.5) is 0 Å². The zero-order chi connectivity index (χ0) is 17.4. The monoisotopic (exact) mass is 311 g/mol. The van der Waals surface area contributed by atoms with E-state index in [4.69, 9.17) is 5.73 Å². The molecular weight excluding hydrogens is 282 g/mol. The van der Waals surface area contributed by atoms with Crippen molar-refractivity contribution in [1.82, 2.24) is 0 Å². The number of benzene rings is 2. The molecule has 2 aromatic rings. The second-order valence-electron chi connectivity index (χ2n) is 5.64. The van der Waals surface area contributed by atoms with Crippen LogP contribution in [0.3, 0.4) is 0 Å². The first kappa shape index (κ1) is 19.0. The Morgan fingerprint density at radius 2 is 1.70 bits per heavy atom. The highest BCUT2D eigenvalue weighted by Gasteiger charge is 2.08. The maximum atomic E-state index is 11.4. The number of hydrogen-bond donors (Lipinski definition) is 1. The molecule has 2 N–H and O–H groups in total. The second kappa shape index (κ2) is 9.14. The molecule has 0 aromatic heterocycles. The molecule has 0 saturated carbocycles. The Balaban J connectivity index is 0.00000127. The Labute approximate surface area is 140 Å². The first-order chi connectivity index (χ1) is 11.0. The highest BCUT2D eigenvalue weighted by Crippen LogP contribution is 2.27. The number of carbonyl (C=O) groups excluding carboxylic acids is 1. The molecule has 124 valence electrons. The normalized spacial score (nSPS) is 9.96. The number of carbonyl (C=O) groups is 1. The quantitative estimate of drug-likeness (QED) is 0.785. The standard InChI is InChI=1S/C19H23NO.C2H6/c1-4-5-6-15-9-10-16(11-14(15)3)18-12-17(19(20)21)8-7-13(18)2;1-2/h7-12H,4-6H2,1-3H3,(H2,20,21);1-2H3. The molecule has 2 rings (SSSR count). The third kappa shape index (κ3) is 4.95. The maximum absolute atomic E-state index is 11.4. The maximum Gasteiger partial charge on any atom is 0.248 e. The van der Waals surface area contributed by atoms with Gasteiger partial charge in [-0.2, -0.15) is 0 Å². The molecule has 0 unspecified atom stereocenters. The van der Waals surface area contributed by atoms with E-state index in [0.717, 1.165) is 23.1 Å². The molecule has 0 aliphatic heterocycles. The van der Waals surface area contributed by atoms with Crippen LogP contribution in [0.25, 0.3) is 11.1 Å². The summed E-state index contributed by atoms with van der Waals surface area (Å²) in [5, 5.41) is 0. The Morgan fingerprint density at radius 3 is 2.26 bits per heavy atom. The molecule has 0 spiro atoms. The molecule has 1 amide bonds. The van der Waals surface area contributed by atoms with Gasteiger partial charge in [-0.3, -0.25) is 4.79 Å². The van der Waals surface area contributed by atoms with Gasteiger partial charge in [-0.05, 0) is 66.6 Å². The number of nitrogens with two attached hydrogens (primary N) is 1. The molecule has 0 aliphatic carbocycles. The van der Waals surface area contributed by atoms with E-state index in [1.807, 2.05) is 26.0 Å². The van der Waals surface area contributed by atoms with E-state index < -0.39 is 0 Å². The van der Waals surface area contributed by atoms with Gasteiger partial charge in [0.2, 0.25) is 5.91 Å². The Hall–Kier alpha value is -2.09. The Morgan fingerprint density at radius 1 is 1.00 bits per heavy atom. The van der Waals surface area contributed by atoms with E-state index >= 15 is 0 Å². The third-order valence-electron chi connectivity index (χ3n) is 3.98. The molecule has 2 heteroatoms. The van der Waals surface area contributed by atoms with Crippen molar-refractivity contribution in [2.75, 3.05) is 0 Å². The van der Waals surface area contributed by atoms with Gasteiger partial charge >= 0.3 is 0 Å². The lowest BCUT2D eigenvalue weighted by Gasteiger charge is -2.11. The van der Waals surface area contributed by atoms with Crippen LogP contribution >= 0.6 is 0 Å². The summed E-state index contributed by atoms with van der Waals surface area (Å²) in [7, 11) is 0. The van der Waals surface area contributed by atoms with Crippen molar-refractivity contribution in [2.45, 2.75) is 53.9 Å². The fourth-order valence-electron chi connectivity index (χ4n) is 2.60. The lowest BCUT2D eigenvalue weighted by Crippen LogP contribution is -2.10. The fourth-order valence-corrected chi connectivity index (χ4v) is 2.60. The van der Waals surface area contributed by atoms with Crippen LogP contribution in [0.5, 0.6) is 0 Å². The van der Waals surface area contributed by atoms with Gasteiger partial charge in [-0.25, -0.2) is 0 Å². The first-order valence-corrected chi connectivity index (χ1v) is 8.53. The fraction of sp³-hybridized carbons (Fsp3) is 0.381. The van der Waals surface area contributed by atoms with Gasteiger partial charge < -0.3 is 5.73 Å². The molecule has 0 bridgehead atoms. The first-order valence-electron chi connectivity index (χ1n) is 8.53. The van der Waals surface area contributed by atoms with Gasteiger partial charge in [-0.15, -0.1) is 0 Å². The van der Waals surface area contributed by atoms with E-state index in [0.29, 0.717) is 5.56 Å². The van der Waals surface area contributed by atoms with Gasteiger partial charge in [0, 0.05) is 5.56 Å². The van der Waals surface area contributed by atoms with Crippen LogP contribution in [-0.2, 0) is 6.42 Å².